The Morgan fingerprint density at radius 2 is 1.95 bits per heavy atom. The summed E-state index contributed by atoms with van der Waals surface area (Å²) in [4.78, 5) is 0. The molecule has 1 atom stereocenters. The van der Waals surface area contributed by atoms with Crippen LogP contribution in [0.25, 0.3) is 0 Å². The second-order valence-corrected chi connectivity index (χ2v) is 5.78. The zero-order valence-corrected chi connectivity index (χ0v) is 14.0. The standard InChI is InChI=1S/C18H31NO2/c1-5-21-12-8-9-16(14-19-15(2)3)13-17-10-6-7-11-18(17)20-4/h6-7,10-11,15-16,19H,5,8-9,12-14H2,1-4H3. The number of hydrogen-bond acceptors (Lipinski definition) is 3. The molecule has 0 aliphatic heterocycles. The number of para-hydroxylation sites is 1. The number of methoxy groups -OCH3 is 1. The van der Waals surface area contributed by atoms with Crippen molar-refractivity contribution in [3.63, 3.8) is 0 Å². The molecule has 0 spiro atoms. The quantitative estimate of drug-likeness (QED) is 0.632. The fourth-order valence-corrected chi connectivity index (χ4v) is 2.48. The first-order valence-electron chi connectivity index (χ1n) is 8.10. The molecule has 0 saturated heterocycles. The van der Waals surface area contributed by atoms with Crippen LogP contribution in [0.2, 0.25) is 0 Å². The maximum atomic E-state index is 5.47. The van der Waals surface area contributed by atoms with Crippen molar-refractivity contribution in [1.29, 1.82) is 0 Å². The Hall–Kier alpha value is -1.06. The highest BCUT2D eigenvalue weighted by molar-refractivity contribution is 5.33. The number of benzene rings is 1. The van der Waals surface area contributed by atoms with Crippen LogP contribution in [0, 0.1) is 5.92 Å². The van der Waals surface area contributed by atoms with E-state index in [1.54, 1.807) is 7.11 Å². The molecule has 0 saturated carbocycles. The summed E-state index contributed by atoms with van der Waals surface area (Å²) >= 11 is 0. The van der Waals surface area contributed by atoms with E-state index in [1.807, 2.05) is 19.1 Å². The lowest BCUT2D eigenvalue weighted by molar-refractivity contribution is 0.139. The molecule has 21 heavy (non-hydrogen) atoms. The van der Waals surface area contributed by atoms with Crippen molar-refractivity contribution in [2.45, 2.75) is 46.1 Å². The first kappa shape index (κ1) is 18.0. The predicted octanol–water partition coefficient (Wildman–Crippen LogP) is 3.67. The van der Waals surface area contributed by atoms with Gasteiger partial charge in [-0.15, -0.1) is 0 Å². The molecule has 0 bridgehead atoms. The average Bonchev–Trinajstić information content (AvgIpc) is 2.49. The third-order valence-electron chi connectivity index (χ3n) is 3.62. The maximum absolute atomic E-state index is 5.47. The molecular formula is C18H31NO2. The van der Waals surface area contributed by atoms with Gasteiger partial charge < -0.3 is 14.8 Å². The van der Waals surface area contributed by atoms with Crippen molar-refractivity contribution < 1.29 is 9.47 Å². The molecule has 0 aliphatic rings. The van der Waals surface area contributed by atoms with Gasteiger partial charge in [-0.3, -0.25) is 0 Å². The minimum Gasteiger partial charge on any atom is -0.496 e. The summed E-state index contributed by atoms with van der Waals surface area (Å²) in [6.07, 6.45) is 3.35. The number of nitrogens with one attached hydrogen (secondary N) is 1. The van der Waals surface area contributed by atoms with E-state index in [-0.39, 0.29) is 0 Å². The van der Waals surface area contributed by atoms with Crippen LogP contribution in [0.5, 0.6) is 5.75 Å². The summed E-state index contributed by atoms with van der Waals surface area (Å²) < 4.78 is 10.9. The van der Waals surface area contributed by atoms with E-state index >= 15 is 0 Å². The molecular weight excluding hydrogens is 262 g/mol. The van der Waals surface area contributed by atoms with E-state index in [0.29, 0.717) is 12.0 Å². The van der Waals surface area contributed by atoms with Crippen LogP contribution >= 0.6 is 0 Å². The van der Waals surface area contributed by atoms with Crippen LogP contribution in [0.3, 0.4) is 0 Å². The minimum absolute atomic E-state index is 0.525. The zero-order valence-electron chi connectivity index (χ0n) is 14.0. The monoisotopic (exact) mass is 293 g/mol. The fraction of sp³-hybridized carbons (Fsp3) is 0.667. The summed E-state index contributed by atoms with van der Waals surface area (Å²) in [5.74, 6) is 1.61. The van der Waals surface area contributed by atoms with Crippen molar-refractivity contribution in [3.8, 4) is 5.75 Å². The van der Waals surface area contributed by atoms with Crippen molar-refractivity contribution in [2.24, 2.45) is 5.92 Å². The minimum atomic E-state index is 0.525. The Kier molecular flexibility index (Phi) is 9.11. The van der Waals surface area contributed by atoms with Gasteiger partial charge in [0.05, 0.1) is 7.11 Å². The summed E-state index contributed by atoms with van der Waals surface area (Å²) in [5, 5.41) is 3.56. The summed E-state index contributed by atoms with van der Waals surface area (Å²) in [7, 11) is 1.75. The van der Waals surface area contributed by atoms with Gasteiger partial charge in [-0.25, -0.2) is 0 Å². The molecule has 1 unspecified atom stereocenters. The summed E-state index contributed by atoms with van der Waals surface area (Å²) in [5.41, 5.74) is 1.30. The second-order valence-electron chi connectivity index (χ2n) is 5.78. The Bertz CT molecular complexity index is 379. The van der Waals surface area contributed by atoms with Gasteiger partial charge in [-0.2, -0.15) is 0 Å². The van der Waals surface area contributed by atoms with E-state index < -0.39 is 0 Å². The Morgan fingerprint density at radius 1 is 1.19 bits per heavy atom. The van der Waals surface area contributed by atoms with E-state index in [9.17, 15) is 0 Å². The van der Waals surface area contributed by atoms with Gasteiger partial charge in [-0.1, -0.05) is 32.0 Å². The molecule has 0 heterocycles. The largest absolute Gasteiger partial charge is 0.496 e. The lowest BCUT2D eigenvalue weighted by Gasteiger charge is -2.20. The van der Waals surface area contributed by atoms with Crippen LogP contribution in [-0.2, 0) is 11.2 Å². The van der Waals surface area contributed by atoms with Gasteiger partial charge in [0.25, 0.3) is 0 Å². The molecule has 0 aromatic heterocycles. The lowest BCUT2D eigenvalue weighted by Crippen LogP contribution is -2.30. The van der Waals surface area contributed by atoms with E-state index in [2.05, 4.69) is 31.3 Å². The molecule has 1 N–H and O–H groups in total. The van der Waals surface area contributed by atoms with Crippen molar-refractivity contribution >= 4 is 0 Å². The van der Waals surface area contributed by atoms with Gasteiger partial charge in [0, 0.05) is 19.3 Å². The van der Waals surface area contributed by atoms with E-state index in [0.717, 1.165) is 38.3 Å². The highest BCUT2D eigenvalue weighted by Crippen LogP contribution is 2.23. The molecule has 0 amide bonds. The Labute approximate surface area is 130 Å². The van der Waals surface area contributed by atoms with Gasteiger partial charge in [0.2, 0.25) is 0 Å². The molecule has 0 fully saturated rings. The van der Waals surface area contributed by atoms with E-state index in [4.69, 9.17) is 9.47 Å². The number of hydrogen-bond donors (Lipinski definition) is 1. The fourth-order valence-electron chi connectivity index (χ4n) is 2.48. The Morgan fingerprint density at radius 3 is 2.62 bits per heavy atom. The maximum Gasteiger partial charge on any atom is 0.122 e. The molecule has 0 aliphatic carbocycles. The van der Waals surface area contributed by atoms with Crippen LogP contribution in [-0.4, -0.2) is 32.9 Å². The normalized spacial score (nSPS) is 12.6. The topological polar surface area (TPSA) is 30.5 Å². The SMILES string of the molecule is CCOCCCC(CNC(C)C)Cc1ccccc1OC. The van der Waals surface area contributed by atoms with Crippen LogP contribution < -0.4 is 10.1 Å². The highest BCUT2D eigenvalue weighted by Gasteiger charge is 2.13. The number of rotatable bonds is 11. The molecule has 1 aromatic rings. The van der Waals surface area contributed by atoms with Crippen molar-refractivity contribution in [1.82, 2.24) is 5.32 Å². The second kappa shape index (κ2) is 10.6. The molecule has 120 valence electrons. The average molecular weight is 293 g/mol. The summed E-state index contributed by atoms with van der Waals surface area (Å²) in [6.45, 7) is 9.15. The van der Waals surface area contributed by atoms with Gasteiger partial charge >= 0.3 is 0 Å². The predicted molar refractivity (Wildman–Crippen MR) is 89.1 cm³/mol. The van der Waals surface area contributed by atoms with E-state index in [1.165, 1.54) is 12.0 Å². The molecule has 1 aromatic carbocycles. The Balaban J connectivity index is 2.57. The summed E-state index contributed by atoms with van der Waals surface area (Å²) in [6, 6.07) is 8.85. The highest BCUT2D eigenvalue weighted by atomic mass is 16.5. The molecule has 3 heteroatoms. The smallest absolute Gasteiger partial charge is 0.122 e. The molecule has 0 radical (unpaired) electrons. The van der Waals surface area contributed by atoms with Gasteiger partial charge in [-0.05, 0) is 50.3 Å². The van der Waals surface area contributed by atoms with Gasteiger partial charge in [0.15, 0.2) is 0 Å². The zero-order chi connectivity index (χ0) is 15.5. The first-order valence-corrected chi connectivity index (χ1v) is 8.10. The van der Waals surface area contributed by atoms with Crippen molar-refractivity contribution in [3.05, 3.63) is 29.8 Å². The van der Waals surface area contributed by atoms with Crippen molar-refractivity contribution in [2.75, 3.05) is 26.9 Å². The van der Waals surface area contributed by atoms with Crippen LogP contribution in [0.1, 0.15) is 39.2 Å². The van der Waals surface area contributed by atoms with Crippen LogP contribution in [0.15, 0.2) is 24.3 Å². The molecule has 3 nitrogen and oxygen atoms in total. The third-order valence-corrected chi connectivity index (χ3v) is 3.62. The third kappa shape index (κ3) is 7.49. The van der Waals surface area contributed by atoms with Crippen LogP contribution in [0.4, 0.5) is 0 Å². The lowest BCUT2D eigenvalue weighted by atomic mass is 9.94. The molecule has 1 rings (SSSR count). The number of ether oxygens (including phenoxy) is 2. The van der Waals surface area contributed by atoms with Gasteiger partial charge in [0.1, 0.15) is 5.75 Å². The first-order chi connectivity index (χ1) is 10.2.